The average Bonchev–Trinajstić information content (AvgIpc) is 2.28. The number of hydrogen-bond acceptors (Lipinski definition) is 2. The highest BCUT2D eigenvalue weighted by Crippen LogP contribution is 2.11. The smallest absolute Gasteiger partial charge is 0.230 e. The molecule has 1 aromatic carbocycles. The maximum Gasteiger partial charge on any atom is 0.230 e. The summed E-state index contributed by atoms with van der Waals surface area (Å²) >= 11 is 0. The lowest BCUT2D eigenvalue weighted by atomic mass is 10.1. The van der Waals surface area contributed by atoms with Crippen LogP contribution >= 0.6 is 0 Å². The quantitative estimate of drug-likeness (QED) is 0.529. The molecule has 0 unspecified atom stereocenters. The third-order valence-corrected chi connectivity index (χ3v) is 2.52. The molecule has 86 valence electrons. The zero-order valence-corrected chi connectivity index (χ0v) is 9.53. The van der Waals surface area contributed by atoms with E-state index in [9.17, 15) is 4.79 Å². The zero-order chi connectivity index (χ0) is 12.1. The van der Waals surface area contributed by atoms with Crippen molar-refractivity contribution in [3.63, 3.8) is 0 Å². The van der Waals surface area contributed by atoms with Crippen LogP contribution in [0.1, 0.15) is 25.5 Å². The fourth-order valence-electron chi connectivity index (χ4n) is 1.30. The molecule has 0 bridgehead atoms. The molecular formula is C12H17N3O. The maximum atomic E-state index is 11.6. The van der Waals surface area contributed by atoms with Crippen molar-refractivity contribution in [2.24, 2.45) is 11.7 Å². The Morgan fingerprint density at radius 3 is 2.38 bits per heavy atom. The van der Waals surface area contributed by atoms with E-state index in [4.69, 9.17) is 11.1 Å². The average molecular weight is 219 g/mol. The lowest BCUT2D eigenvalue weighted by Crippen LogP contribution is -2.37. The molecule has 0 saturated heterocycles. The lowest BCUT2D eigenvalue weighted by Gasteiger charge is -2.17. The van der Waals surface area contributed by atoms with Crippen molar-refractivity contribution in [2.45, 2.75) is 19.9 Å². The second kappa shape index (κ2) is 5.30. The van der Waals surface area contributed by atoms with Crippen molar-refractivity contribution in [2.75, 3.05) is 0 Å². The number of amidine groups is 1. The molecule has 4 heteroatoms. The van der Waals surface area contributed by atoms with Gasteiger partial charge in [-0.15, -0.1) is 0 Å². The van der Waals surface area contributed by atoms with E-state index < -0.39 is 5.92 Å². The van der Waals surface area contributed by atoms with Gasteiger partial charge in [0.2, 0.25) is 5.91 Å². The Hall–Kier alpha value is -1.84. The number of rotatable bonds is 4. The molecule has 4 nitrogen and oxygen atoms in total. The molecule has 1 amide bonds. The van der Waals surface area contributed by atoms with Crippen molar-refractivity contribution < 1.29 is 4.79 Å². The van der Waals surface area contributed by atoms with Gasteiger partial charge >= 0.3 is 0 Å². The fraction of sp³-hybridized carbons (Fsp3) is 0.333. The van der Waals surface area contributed by atoms with Crippen LogP contribution in [0.5, 0.6) is 0 Å². The molecule has 0 fully saturated rings. The predicted molar refractivity (Wildman–Crippen MR) is 64.1 cm³/mol. The summed E-state index contributed by atoms with van der Waals surface area (Å²) in [5.74, 6) is -0.909. The van der Waals surface area contributed by atoms with Gasteiger partial charge in [0.05, 0.1) is 12.0 Å². The minimum atomic E-state index is -0.578. The summed E-state index contributed by atoms with van der Waals surface area (Å²) < 4.78 is 0. The first-order chi connectivity index (χ1) is 7.52. The topological polar surface area (TPSA) is 79.0 Å². The number of benzene rings is 1. The second-order valence-electron chi connectivity index (χ2n) is 3.82. The number of hydrogen-bond donors (Lipinski definition) is 3. The van der Waals surface area contributed by atoms with Crippen molar-refractivity contribution in [1.29, 1.82) is 5.41 Å². The molecule has 0 aliphatic rings. The van der Waals surface area contributed by atoms with E-state index in [-0.39, 0.29) is 17.8 Å². The van der Waals surface area contributed by atoms with Crippen LogP contribution in [0.15, 0.2) is 30.3 Å². The first kappa shape index (κ1) is 12.2. The molecule has 1 aromatic rings. The first-order valence-corrected chi connectivity index (χ1v) is 5.21. The van der Waals surface area contributed by atoms with E-state index in [1.807, 2.05) is 37.3 Å². The summed E-state index contributed by atoms with van der Waals surface area (Å²) in [6.07, 6.45) is 0. The number of carbonyl (C=O) groups excluding carboxylic acids is 1. The van der Waals surface area contributed by atoms with Gasteiger partial charge in [0.15, 0.2) is 0 Å². The van der Waals surface area contributed by atoms with Crippen LogP contribution in [0, 0.1) is 11.3 Å². The monoisotopic (exact) mass is 219 g/mol. The number of carbonyl (C=O) groups is 1. The van der Waals surface area contributed by atoms with E-state index in [0.29, 0.717) is 0 Å². The van der Waals surface area contributed by atoms with Gasteiger partial charge in [0.1, 0.15) is 5.84 Å². The molecule has 0 aliphatic heterocycles. The van der Waals surface area contributed by atoms with Crippen LogP contribution in [0.25, 0.3) is 0 Å². The van der Waals surface area contributed by atoms with E-state index in [1.54, 1.807) is 6.92 Å². The number of nitrogens with one attached hydrogen (secondary N) is 2. The Morgan fingerprint density at radius 1 is 1.31 bits per heavy atom. The Kier molecular flexibility index (Phi) is 4.05. The number of amides is 1. The van der Waals surface area contributed by atoms with Gasteiger partial charge < -0.3 is 11.1 Å². The normalized spacial score (nSPS) is 13.9. The van der Waals surface area contributed by atoms with Crippen molar-refractivity contribution in [3.8, 4) is 0 Å². The molecule has 0 saturated carbocycles. The molecule has 0 radical (unpaired) electrons. The zero-order valence-electron chi connectivity index (χ0n) is 9.53. The number of nitrogens with two attached hydrogens (primary N) is 1. The molecule has 16 heavy (non-hydrogen) atoms. The molecule has 0 heterocycles. The summed E-state index contributed by atoms with van der Waals surface area (Å²) in [5, 5.41) is 10.0. The second-order valence-corrected chi connectivity index (χ2v) is 3.82. The molecule has 0 spiro atoms. The third-order valence-electron chi connectivity index (χ3n) is 2.52. The summed E-state index contributed by atoms with van der Waals surface area (Å²) in [4.78, 5) is 11.6. The summed E-state index contributed by atoms with van der Waals surface area (Å²) in [6, 6.07) is 9.59. The van der Waals surface area contributed by atoms with E-state index >= 15 is 0 Å². The standard InChI is InChI=1S/C12H17N3O/c1-8(11(13)14)12(16)15-9(2)10-6-4-3-5-7-10/h3-9H,1-2H3,(H3,13,14)(H,15,16)/t8-,9+/m1/s1. The van der Waals surface area contributed by atoms with Crippen LogP contribution < -0.4 is 11.1 Å². The largest absolute Gasteiger partial charge is 0.387 e. The van der Waals surface area contributed by atoms with Gasteiger partial charge in [0, 0.05) is 0 Å². The van der Waals surface area contributed by atoms with Crippen molar-refractivity contribution >= 4 is 11.7 Å². The SMILES string of the molecule is C[C@H](C(=N)N)C(=O)N[C@@H](C)c1ccccc1. The van der Waals surface area contributed by atoms with Crippen LogP contribution in [0.2, 0.25) is 0 Å². The van der Waals surface area contributed by atoms with Gasteiger partial charge in [-0.05, 0) is 19.4 Å². The van der Waals surface area contributed by atoms with Gasteiger partial charge in [0.25, 0.3) is 0 Å². The van der Waals surface area contributed by atoms with Crippen LogP contribution in [-0.4, -0.2) is 11.7 Å². The van der Waals surface area contributed by atoms with E-state index in [2.05, 4.69) is 5.32 Å². The molecule has 0 aromatic heterocycles. The highest BCUT2D eigenvalue weighted by atomic mass is 16.1. The summed E-state index contributed by atoms with van der Waals surface area (Å²) in [7, 11) is 0. The minimum absolute atomic E-state index is 0.0736. The third kappa shape index (κ3) is 3.08. The Morgan fingerprint density at radius 2 is 1.88 bits per heavy atom. The summed E-state index contributed by atoms with van der Waals surface area (Å²) in [5.41, 5.74) is 6.31. The molecular weight excluding hydrogens is 202 g/mol. The van der Waals surface area contributed by atoms with Crippen LogP contribution in [0.4, 0.5) is 0 Å². The minimum Gasteiger partial charge on any atom is -0.387 e. The van der Waals surface area contributed by atoms with Gasteiger partial charge in [-0.2, -0.15) is 0 Å². The highest BCUT2D eigenvalue weighted by molar-refractivity contribution is 6.00. The fourth-order valence-corrected chi connectivity index (χ4v) is 1.30. The van der Waals surface area contributed by atoms with E-state index in [1.165, 1.54) is 0 Å². The summed E-state index contributed by atoms with van der Waals surface area (Å²) in [6.45, 7) is 3.52. The Bertz CT molecular complexity index is 375. The van der Waals surface area contributed by atoms with Crippen molar-refractivity contribution in [1.82, 2.24) is 5.32 Å². The van der Waals surface area contributed by atoms with Crippen LogP contribution in [-0.2, 0) is 4.79 Å². The highest BCUT2D eigenvalue weighted by Gasteiger charge is 2.17. The Labute approximate surface area is 95.4 Å². The van der Waals surface area contributed by atoms with E-state index in [0.717, 1.165) is 5.56 Å². The molecule has 4 N–H and O–H groups in total. The van der Waals surface area contributed by atoms with Crippen molar-refractivity contribution in [3.05, 3.63) is 35.9 Å². The Balaban J connectivity index is 2.62. The van der Waals surface area contributed by atoms with Gasteiger partial charge in [-0.3, -0.25) is 10.2 Å². The molecule has 0 aliphatic carbocycles. The van der Waals surface area contributed by atoms with Gasteiger partial charge in [-0.25, -0.2) is 0 Å². The first-order valence-electron chi connectivity index (χ1n) is 5.21. The van der Waals surface area contributed by atoms with Crippen LogP contribution in [0.3, 0.4) is 0 Å². The predicted octanol–water partition coefficient (Wildman–Crippen LogP) is 1.44. The maximum absolute atomic E-state index is 11.6. The molecule has 2 atom stereocenters. The lowest BCUT2D eigenvalue weighted by molar-refractivity contribution is -0.123. The van der Waals surface area contributed by atoms with Gasteiger partial charge in [-0.1, -0.05) is 30.3 Å². The molecule has 1 rings (SSSR count).